The number of nitriles is 1. The average molecular weight is 356 g/mol. The molecule has 1 fully saturated rings. The summed E-state index contributed by atoms with van der Waals surface area (Å²) in [6, 6.07) is 9.84. The minimum absolute atomic E-state index is 0.0348. The predicted molar refractivity (Wildman–Crippen MR) is 98.3 cm³/mol. The highest BCUT2D eigenvalue weighted by molar-refractivity contribution is 7.11. The number of likely N-dealkylation sites (tertiary alicyclic amines) is 1. The van der Waals surface area contributed by atoms with E-state index in [1.165, 1.54) is 11.5 Å². The van der Waals surface area contributed by atoms with Crippen molar-refractivity contribution < 1.29 is 4.79 Å². The number of nitrogens with one attached hydrogen (secondary N) is 1. The number of hydrogen-bond acceptors (Lipinski definition) is 5. The second-order valence-corrected chi connectivity index (χ2v) is 7.20. The Labute approximate surface area is 150 Å². The maximum atomic E-state index is 12.6. The van der Waals surface area contributed by atoms with Crippen LogP contribution in [0.2, 0.25) is 0 Å². The van der Waals surface area contributed by atoms with Gasteiger partial charge in [0, 0.05) is 25.7 Å². The summed E-state index contributed by atoms with van der Waals surface area (Å²) in [5.74, 6) is 0.0663. The largest absolute Gasteiger partial charge is 0.345 e. The number of rotatable bonds is 3. The van der Waals surface area contributed by atoms with E-state index in [4.69, 9.17) is 0 Å². The van der Waals surface area contributed by atoms with E-state index in [1.54, 1.807) is 15.8 Å². The molecule has 6 nitrogen and oxygen atoms in total. The molecule has 130 valence electrons. The molecule has 0 atom stereocenters. The Hall–Kier alpha value is -2.59. The fraction of sp³-hybridized carbons (Fsp3) is 0.389. The van der Waals surface area contributed by atoms with E-state index in [0.717, 1.165) is 24.1 Å². The quantitative estimate of drug-likeness (QED) is 0.917. The van der Waals surface area contributed by atoms with Crippen LogP contribution in [0.4, 0.5) is 10.7 Å². The van der Waals surface area contributed by atoms with E-state index in [2.05, 4.69) is 5.32 Å². The van der Waals surface area contributed by atoms with E-state index in [0.29, 0.717) is 18.1 Å². The van der Waals surface area contributed by atoms with Crippen LogP contribution in [0.1, 0.15) is 36.9 Å². The summed E-state index contributed by atoms with van der Waals surface area (Å²) in [4.78, 5) is 25.9. The van der Waals surface area contributed by atoms with Crippen LogP contribution in [0.15, 0.2) is 29.1 Å². The van der Waals surface area contributed by atoms with Crippen LogP contribution in [0.5, 0.6) is 0 Å². The molecule has 0 spiro atoms. The Morgan fingerprint density at radius 1 is 1.32 bits per heavy atom. The number of para-hydroxylation sites is 1. The summed E-state index contributed by atoms with van der Waals surface area (Å²) in [7, 11) is 0. The van der Waals surface area contributed by atoms with E-state index in [1.807, 2.05) is 37.3 Å². The maximum absolute atomic E-state index is 12.6. The normalized spacial score (nSPS) is 15.0. The molecule has 2 heterocycles. The first-order chi connectivity index (χ1) is 12.0. The van der Waals surface area contributed by atoms with Crippen LogP contribution in [0.3, 0.4) is 0 Å². The number of carbonyl (C=O) groups is 1. The summed E-state index contributed by atoms with van der Waals surface area (Å²) in [6.45, 7) is 4.83. The fourth-order valence-corrected chi connectivity index (χ4v) is 4.18. The summed E-state index contributed by atoms with van der Waals surface area (Å²) in [6.07, 6.45) is 1.46. The van der Waals surface area contributed by atoms with Gasteiger partial charge in [0.1, 0.15) is 11.1 Å². The van der Waals surface area contributed by atoms with Crippen molar-refractivity contribution in [2.75, 3.05) is 18.4 Å². The van der Waals surface area contributed by atoms with Crippen LogP contribution in [0.25, 0.3) is 0 Å². The average Bonchev–Trinajstić information content (AvgIpc) is 2.92. The van der Waals surface area contributed by atoms with Gasteiger partial charge in [0.25, 0.3) is 5.56 Å². The first-order valence-corrected chi connectivity index (χ1v) is 9.02. The summed E-state index contributed by atoms with van der Waals surface area (Å²) >= 11 is 1.30. The molecule has 1 amide bonds. The molecule has 1 N–H and O–H groups in total. The number of aryl methyl sites for hydroxylation is 1. The van der Waals surface area contributed by atoms with E-state index in [-0.39, 0.29) is 23.1 Å². The van der Waals surface area contributed by atoms with Gasteiger partial charge in [-0.05, 0) is 42.9 Å². The number of carbonyl (C=O) groups excluding carboxylic acids is 1. The van der Waals surface area contributed by atoms with Crippen molar-refractivity contribution >= 4 is 28.1 Å². The van der Waals surface area contributed by atoms with Crippen LogP contribution in [-0.2, 0) is 4.79 Å². The lowest BCUT2D eigenvalue weighted by Gasteiger charge is -2.31. The van der Waals surface area contributed by atoms with E-state index < -0.39 is 0 Å². The number of piperidine rings is 1. The lowest BCUT2D eigenvalue weighted by atomic mass is 10.1. The third-order valence-corrected chi connectivity index (χ3v) is 5.73. The zero-order chi connectivity index (χ0) is 18.0. The van der Waals surface area contributed by atoms with E-state index >= 15 is 0 Å². The van der Waals surface area contributed by atoms with Gasteiger partial charge >= 0.3 is 0 Å². The Kier molecular flexibility index (Phi) is 4.91. The fourth-order valence-electron chi connectivity index (χ4n) is 3.07. The molecule has 1 aliphatic rings. The molecule has 25 heavy (non-hydrogen) atoms. The molecule has 7 heteroatoms. The first kappa shape index (κ1) is 17.2. The van der Waals surface area contributed by atoms with Gasteiger partial charge in [0.05, 0.1) is 6.04 Å². The maximum Gasteiger partial charge on any atom is 0.281 e. The van der Waals surface area contributed by atoms with E-state index in [9.17, 15) is 14.9 Å². The van der Waals surface area contributed by atoms with Crippen molar-refractivity contribution in [2.24, 2.45) is 0 Å². The number of hydrogen-bond donors (Lipinski definition) is 1. The lowest BCUT2D eigenvalue weighted by Crippen LogP contribution is -2.38. The van der Waals surface area contributed by atoms with Crippen LogP contribution in [0, 0.1) is 18.3 Å². The third kappa shape index (κ3) is 3.44. The topological polar surface area (TPSA) is 78.1 Å². The number of amides is 1. The van der Waals surface area contributed by atoms with Gasteiger partial charge in [0.15, 0.2) is 5.56 Å². The summed E-state index contributed by atoms with van der Waals surface area (Å²) in [5.41, 5.74) is 1.85. The Morgan fingerprint density at radius 2 is 2.00 bits per heavy atom. The molecule has 0 unspecified atom stereocenters. The van der Waals surface area contributed by atoms with Gasteiger partial charge in [-0.3, -0.25) is 13.5 Å². The predicted octanol–water partition coefficient (Wildman–Crippen LogP) is 3.02. The molecule has 1 saturated heterocycles. The third-order valence-electron chi connectivity index (χ3n) is 4.58. The molecular weight excluding hydrogens is 336 g/mol. The zero-order valence-corrected chi connectivity index (χ0v) is 15.1. The van der Waals surface area contributed by atoms with Crippen LogP contribution < -0.4 is 10.9 Å². The Balaban J connectivity index is 1.87. The highest BCUT2D eigenvalue weighted by atomic mass is 32.1. The highest BCUT2D eigenvalue weighted by Crippen LogP contribution is 2.30. The van der Waals surface area contributed by atoms with Crippen molar-refractivity contribution in [3.63, 3.8) is 0 Å². The molecule has 1 aromatic heterocycles. The zero-order valence-electron chi connectivity index (χ0n) is 14.3. The smallest absolute Gasteiger partial charge is 0.281 e. The Bertz CT molecular complexity index is 885. The molecular formula is C18H20N4O2S. The standard InChI is InChI=1S/C18H20N4O2S/c1-12-5-3-4-6-16(12)20-17-15(11-19)18(24)22(25-17)14-7-9-21(10-8-14)13(2)23/h3-6,14,20H,7-10H2,1-2H3. The van der Waals surface area contributed by atoms with Crippen LogP contribution >= 0.6 is 11.5 Å². The van der Waals surface area contributed by atoms with Gasteiger partial charge < -0.3 is 10.2 Å². The molecule has 0 bridgehead atoms. The second kappa shape index (κ2) is 7.11. The molecule has 0 radical (unpaired) electrons. The Morgan fingerprint density at radius 3 is 2.60 bits per heavy atom. The van der Waals surface area contributed by atoms with Crippen molar-refractivity contribution in [3.8, 4) is 6.07 Å². The van der Waals surface area contributed by atoms with Gasteiger partial charge in [-0.15, -0.1) is 0 Å². The van der Waals surface area contributed by atoms with Gasteiger partial charge in [-0.25, -0.2) is 0 Å². The number of nitrogens with zero attached hydrogens (tertiary/aromatic N) is 3. The number of benzene rings is 1. The van der Waals surface area contributed by atoms with Crippen molar-refractivity contribution in [2.45, 2.75) is 32.7 Å². The van der Waals surface area contributed by atoms with Crippen molar-refractivity contribution in [1.82, 2.24) is 8.86 Å². The number of anilines is 2. The summed E-state index contributed by atoms with van der Waals surface area (Å²) in [5, 5.41) is 13.2. The highest BCUT2D eigenvalue weighted by Gasteiger charge is 2.26. The van der Waals surface area contributed by atoms with Gasteiger partial charge in [0.2, 0.25) is 5.91 Å². The summed E-state index contributed by atoms with van der Waals surface area (Å²) < 4.78 is 1.69. The minimum atomic E-state index is -0.246. The number of aromatic nitrogens is 1. The van der Waals surface area contributed by atoms with Gasteiger partial charge in [-0.1, -0.05) is 18.2 Å². The molecule has 0 aliphatic carbocycles. The second-order valence-electron chi connectivity index (χ2n) is 6.22. The molecule has 2 aromatic rings. The SMILES string of the molecule is CC(=O)N1CCC(n2sc(Nc3ccccc3C)c(C#N)c2=O)CC1. The molecule has 3 rings (SSSR count). The molecule has 1 aromatic carbocycles. The van der Waals surface area contributed by atoms with Crippen LogP contribution in [-0.4, -0.2) is 27.9 Å². The molecule has 1 aliphatic heterocycles. The monoisotopic (exact) mass is 356 g/mol. The lowest BCUT2D eigenvalue weighted by molar-refractivity contribution is -0.130. The first-order valence-electron chi connectivity index (χ1n) is 8.25. The van der Waals surface area contributed by atoms with Crippen molar-refractivity contribution in [3.05, 3.63) is 45.7 Å². The van der Waals surface area contributed by atoms with Gasteiger partial charge in [-0.2, -0.15) is 5.26 Å². The van der Waals surface area contributed by atoms with Crippen molar-refractivity contribution in [1.29, 1.82) is 5.26 Å². The minimum Gasteiger partial charge on any atom is -0.345 e. The molecule has 0 saturated carbocycles.